The van der Waals surface area contributed by atoms with Gasteiger partial charge in [0, 0.05) is 0 Å². The molecule has 0 atom stereocenters. The summed E-state index contributed by atoms with van der Waals surface area (Å²) in [6.07, 6.45) is 1.59. The van der Waals surface area contributed by atoms with Crippen molar-refractivity contribution in [2.45, 2.75) is 0 Å². The summed E-state index contributed by atoms with van der Waals surface area (Å²) in [6.45, 7) is 0. The van der Waals surface area contributed by atoms with Gasteiger partial charge in [-0.2, -0.15) is 5.10 Å². The van der Waals surface area contributed by atoms with Crippen LogP contribution in [0, 0.1) is 0 Å². The molecule has 0 saturated heterocycles. The predicted molar refractivity (Wildman–Crippen MR) is 24.3 cm³/mol. The first-order chi connectivity index (χ1) is 3.97. The van der Waals surface area contributed by atoms with Crippen molar-refractivity contribution in [1.29, 1.82) is 0 Å². The van der Waals surface area contributed by atoms with E-state index in [1.54, 1.807) is 12.3 Å². The summed E-state index contributed by atoms with van der Waals surface area (Å²) in [4.78, 5) is 0. The number of rotatable bonds is 0. The molecule has 0 amide bonds. The SMILES string of the molecule is c1cc2c(nn1)=NN=2. The molecule has 2 heterocycles. The van der Waals surface area contributed by atoms with Crippen molar-refractivity contribution in [2.75, 3.05) is 0 Å². The van der Waals surface area contributed by atoms with Crippen LogP contribution < -0.4 is 10.8 Å². The van der Waals surface area contributed by atoms with Crippen molar-refractivity contribution in [3.05, 3.63) is 23.1 Å². The maximum absolute atomic E-state index is 3.66. The molecule has 0 radical (unpaired) electrons. The Morgan fingerprint density at radius 1 is 1.25 bits per heavy atom. The fraction of sp³-hybridized carbons (Fsp3) is 0. The van der Waals surface area contributed by atoms with Gasteiger partial charge in [-0.15, -0.1) is 15.3 Å². The highest BCUT2D eigenvalue weighted by atomic mass is 15.3. The Hall–Kier alpha value is -1.32. The van der Waals surface area contributed by atoms with Crippen molar-refractivity contribution in [3.8, 4) is 0 Å². The first-order valence-electron chi connectivity index (χ1n) is 2.20. The molecule has 0 unspecified atom stereocenters. The molecule has 0 N–H and O–H groups in total. The summed E-state index contributed by atoms with van der Waals surface area (Å²) in [6, 6.07) is 1.77. The van der Waals surface area contributed by atoms with E-state index in [0.717, 1.165) is 5.36 Å². The third-order valence-corrected chi connectivity index (χ3v) is 0.933. The van der Waals surface area contributed by atoms with Gasteiger partial charge in [0.1, 0.15) is 5.36 Å². The van der Waals surface area contributed by atoms with E-state index in [2.05, 4.69) is 20.4 Å². The Labute approximate surface area is 44.6 Å². The van der Waals surface area contributed by atoms with Gasteiger partial charge in [-0.05, 0) is 6.07 Å². The van der Waals surface area contributed by atoms with Crippen LogP contribution in [0.1, 0.15) is 0 Å². The second-order valence-electron chi connectivity index (χ2n) is 1.44. The maximum Gasteiger partial charge on any atom is 0.223 e. The van der Waals surface area contributed by atoms with Crippen LogP contribution in [0.15, 0.2) is 22.5 Å². The molecule has 0 aromatic carbocycles. The van der Waals surface area contributed by atoms with E-state index in [4.69, 9.17) is 0 Å². The molecule has 1 aliphatic rings. The van der Waals surface area contributed by atoms with Crippen LogP contribution in [0.2, 0.25) is 0 Å². The lowest BCUT2D eigenvalue weighted by Crippen LogP contribution is -2.34. The zero-order chi connectivity index (χ0) is 5.40. The minimum Gasteiger partial charge on any atom is -0.157 e. The molecule has 0 aliphatic carbocycles. The van der Waals surface area contributed by atoms with Gasteiger partial charge in [0.2, 0.25) is 5.49 Å². The van der Waals surface area contributed by atoms with Gasteiger partial charge in [-0.1, -0.05) is 0 Å². The van der Waals surface area contributed by atoms with E-state index in [1.807, 2.05) is 0 Å². The van der Waals surface area contributed by atoms with Crippen molar-refractivity contribution in [1.82, 2.24) is 10.2 Å². The van der Waals surface area contributed by atoms with E-state index in [0.29, 0.717) is 5.49 Å². The standard InChI is InChI=1S/C4H2N4/c1-2-5-7-4-3(1)6-8-4/h1-2H. The van der Waals surface area contributed by atoms with Crippen LogP contribution in [-0.4, -0.2) is 10.2 Å². The summed E-state index contributed by atoms with van der Waals surface area (Å²) in [5.41, 5.74) is 0.646. The minimum absolute atomic E-state index is 0.646. The van der Waals surface area contributed by atoms with Crippen molar-refractivity contribution >= 4 is 0 Å². The first kappa shape index (κ1) is 3.65. The van der Waals surface area contributed by atoms with Gasteiger partial charge in [0.25, 0.3) is 0 Å². The summed E-state index contributed by atoms with van der Waals surface area (Å²) in [5.74, 6) is 0. The first-order valence-corrected chi connectivity index (χ1v) is 2.20. The molecule has 8 heavy (non-hydrogen) atoms. The molecule has 0 spiro atoms. The van der Waals surface area contributed by atoms with Crippen LogP contribution in [-0.2, 0) is 0 Å². The van der Waals surface area contributed by atoms with Gasteiger partial charge < -0.3 is 0 Å². The topological polar surface area (TPSA) is 50.5 Å². The van der Waals surface area contributed by atoms with Crippen molar-refractivity contribution < 1.29 is 0 Å². The Morgan fingerprint density at radius 3 is 2.62 bits per heavy atom. The Morgan fingerprint density at radius 2 is 2.25 bits per heavy atom. The zero-order valence-electron chi connectivity index (χ0n) is 3.94. The van der Waals surface area contributed by atoms with Gasteiger partial charge in [0.15, 0.2) is 0 Å². The lowest BCUT2D eigenvalue weighted by Gasteiger charge is -1.88. The Balaban J connectivity index is 3.01. The molecule has 0 fully saturated rings. The molecule has 1 aromatic rings. The van der Waals surface area contributed by atoms with Crippen LogP contribution in [0.3, 0.4) is 0 Å². The van der Waals surface area contributed by atoms with Crippen LogP contribution in [0.25, 0.3) is 0 Å². The number of aromatic nitrogens is 2. The molecular formula is C4H2N4. The van der Waals surface area contributed by atoms with E-state index in [9.17, 15) is 0 Å². The Bertz CT molecular complexity index is 282. The second kappa shape index (κ2) is 1.09. The predicted octanol–water partition coefficient (Wildman–Crippen LogP) is -1.36. The lowest BCUT2D eigenvalue weighted by atomic mass is 10.5. The van der Waals surface area contributed by atoms with Crippen LogP contribution in [0.4, 0.5) is 0 Å². The fourth-order valence-corrected chi connectivity index (χ4v) is 0.524. The van der Waals surface area contributed by atoms with Gasteiger partial charge in [-0.25, -0.2) is 0 Å². The molecule has 0 bridgehead atoms. The zero-order valence-corrected chi connectivity index (χ0v) is 3.94. The third-order valence-electron chi connectivity index (χ3n) is 0.933. The summed E-state index contributed by atoms with van der Waals surface area (Å²) >= 11 is 0. The summed E-state index contributed by atoms with van der Waals surface area (Å²) in [5, 5.41) is 15.3. The molecule has 38 valence electrons. The largest absolute Gasteiger partial charge is 0.223 e. The van der Waals surface area contributed by atoms with E-state index >= 15 is 0 Å². The van der Waals surface area contributed by atoms with Crippen LogP contribution in [0.5, 0.6) is 0 Å². The fourth-order valence-electron chi connectivity index (χ4n) is 0.524. The van der Waals surface area contributed by atoms with Crippen molar-refractivity contribution in [2.24, 2.45) is 10.2 Å². The van der Waals surface area contributed by atoms with E-state index in [1.165, 1.54) is 0 Å². The maximum atomic E-state index is 3.66. The van der Waals surface area contributed by atoms with Gasteiger partial charge >= 0.3 is 0 Å². The number of hydrogen-bond acceptors (Lipinski definition) is 4. The molecule has 1 aliphatic heterocycles. The van der Waals surface area contributed by atoms with Crippen LogP contribution >= 0.6 is 0 Å². The number of fused-ring (bicyclic) bond motifs is 1. The lowest BCUT2D eigenvalue weighted by molar-refractivity contribution is 0.816. The molecule has 0 saturated carbocycles. The second-order valence-corrected chi connectivity index (χ2v) is 1.44. The third kappa shape index (κ3) is 0.294. The smallest absolute Gasteiger partial charge is 0.157 e. The van der Waals surface area contributed by atoms with Crippen molar-refractivity contribution in [3.63, 3.8) is 0 Å². The summed E-state index contributed by atoms with van der Waals surface area (Å²) < 4.78 is 0. The van der Waals surface area contributed by atoms with Gasteiger partial charge in [0.05, 0.1) is 6.20 Å². The Kier molecular flexibility index (Phi) is 0.498. The molecule has 2 rings (SSSR count). The molecule has 1 aromatic heterocycles. The monoisotopic (exact) mass is 106 g/mol. The average Bonchev–Trinajstić information content (AvgIpc) is 1.72. The van der Waals surface area contributed by atoms with Gasteiger partial charge in [-0.3, -0.25) is 0 Å². The quantitative estimate of drug-likeness (QED) is 0.410. The minimum atomic E-state index is 0.646. The number of hydrogen-bond donors (Lipinski definition) is 0. The molecule has 4 nitrogen and oxygen atoms in total. The number of nitrogens with zero attached hydrogens (tertiary/aromatic N) is 4. The van der Waals surface area contributed by atoms with E-state index in [-0.39, 0.29) is 0 Å². The highest BCUT2D eigenvalue weighted by molar-refractivity contribution is 4.86. The average molecular weight is 106 g/mol. The molecule has 4 heteroatoms. The summed E-state index contributed by atoms with van der Waals surface area (Å²) in [7, 11) is 0. The highest BCUT2D eigenvalue weighted by Gasteiger charge is 1.94. The normalized spacial score (nSPS) is 12.5. The van der Waals surface area contributed by atoms with E-state index < -0.39 is 0 Å². The molecular weight excluding hydrogens is 104 g/mol. The highest BCUT2D eigenvalue weighted by Crippen LogP contribution is 1.69.